The second-order valence-corrected chi connectivity index (χ2v) is 3.63. The summed E-state index contributed by atoms with van der Waals surface area (Å²) in [6, 6.07) is 7.76. The number of benzene rings is 1. The van der Waals surface area contributed by atoms with Gasteiger partial charge in [0.2, 0.25) is 0 Å². The molecule has 0 fully saturated rings. The average molecular weight is 225 g/mol. The monoisotopic (exact) mass is 225 g/mol. The molecule has 2 heterocycles. The molecule has 0 saturated heterocycles. The molecule has 0 amide bonds. The number of aromatic nitrogens is 4. The molecule has 0 aliphatic carbocycles. The fourth-order valence-electron chi connectivity index (χ4n) is 1.76. The van der Waals surface area contributed by atoms with E-state index in [1.807, 2.05) is 35.0 Å². The van der Waals surface area contributed by atoms with Crippen molar-refractivity contribution in [2.45, 2.75) is 6.54 Å². The van der Waals surface area contributed by atoms with Crippen LogP contribution in [0, 0.1) is 0 Å². The maximum atomic E-state index is 5.61. The van der Waals surface area contributed by atoms with Gasteiger partial charge >= 0.3 is 0 Å². The molecule has 3 aromatic rings. The number of hydrogen-bond donors (Lipinski definition) is 1. The summed E-state index contributed by atoms with van der Waals surface area (Å²) in [5, 5.41) is 0. The highest BCUT2D eigenvalue weighted by molar-refractivity contribution is 5.74. The molecule has 3 rings (SSSR count). The van der Waals surface area contributed by atoms with Gasteiger partial charge in [0, 0.05) is 12.4 Å². The van der Waals surface area contributed by atoms with Gasteiger partial charge in [-0.3, -0.25) is 9.55 Å². The lowest BCUT2D eigenvalue weighted by Crippen LogP contribution is -2.07. The van der Waals surface area contributed by atoms with Gasteiger partial charge in [-0.2, -0.15) is 0 Å². The van der Waals surface area contributed by atoms with Crippen molar-refractivity contribution in [1.82, 2.24) is 19.5 Å². The summed E-state index contributed by atoms with van der Waals surface area (Å²) in [5.41, 5.74) is 7.36. The third-order valence-corrected chi connectivity index (χ3v) is 2.58. The normalized spacial score (nSPS) is 10.9. The number of para-hydroxylation sites is 2. The zero-order valence-electron chi connectivity index (χ0n) is 9.11. The summed E-state index contributed by atoms with van der Waals surface area (Å²) >= 11 is 0. The molecule has 2 N–H and O–H groups in total. The van der Waals surface area contributed by atoms with Gasteiger partial charge in [0.15, 0.2) is 5.82 Å². The summed E-state index contributed by atoms with van der Waals surface area (Å²) in [4.78, 5) is 13.1. The molecule has 1 aromatic carbocycles. The first kappa shape index (κ1) is 9.92. The molecular weight excluding hydrogens is 214 g/mol. The maximum absolute atomic E-state index is 5.61. The molecule has 84 valence electrons. The van der Waals surface area contributed by atoms with Crippen LogP contribution in [-0.2, 0) is 6.54 Å². The van der Waals surface area contributed by atoms with Crippen molar-refractivity contribution in [3.63, 3.8) is 0 Å². The summed E-state index contributed by atoms with van der Waals surface area (Å²) in [6.07, 6.45) is 5.27. The highest BCUT2D eigenvalue weighted by atomic mass is 15.1. The van der Waals surface area contributed by atoms with Gasteiger partial charge in [-0.1, -0.05) is 12.1 Å². The van der Waals surface area contributed by atoms with Crippen molar-refractivity contribution in [3.05, 3.63) is 48.7 Å². The summed E-state index contributed by atoms with van der Waals surface area (Å²) in [6.45, 7) is 0.376. The molecule has 0 saturated carbocycles. The second kappa shape index (κ2) is 3.95. The predicted octanol–water partition coefficient (Wildman–Crippen LogP) is 1.27. The van der Waals surface area contributed by atoms with Crippen LogP contribution in [0.1, 0.15) is 5.82 Å². The first-order valence-corrected chi connectivity index (χ1v) is 5.33. The van der Waals surface area contributed by atoms with E-state index in [1.54, 1.807) is 12.4 Å². The van der Waals surface area contributed by atoms with Gasteiger partial charge in [-0.25, -0.2) is 9.97 Å². The summed E-state index contributed by atoms with van der Waals surface area (Å²) < 4.78 is 1.85. The Labute approximate surface area is 98.0 Å². The van der Waals surface area contributed by atoms with E-state index in [2.05, 4.69) is 15.0 Å². The van der Waals surface area contributed by atoms with Gasteiger partial charge in [0.05, 0.1) is 23.8 Å². The van der Waals surface area contributed by atoms with Crippen LogP contribution >= 0.6 is 0 Å². The van der Waals surface area contributed by atoms with Gasteiger partial charge in [0.1, 0.15) is 5.82 Å². The van der Waals surface area contributed by atoms with E-state index in [0.29, 0.717) is 6.54 Å². The molecule has 2 aromatic heterocycles. The molecular formula is C12H11N5. The maximum Gasteiger partial charge on any atom is 0.157 e. The second-order valence-electron chi connectivity index (χ2n) is 3.63. The van der Waals surface area contributed by atoms with E-state index in [9.17, 15) is 0 Å². The van der Waals surface area contributed by atoms with Crippen LogP contribution in [0.25, 0.3) is 16.9 Å². The fourth-order valence-corrected chi connectivity index (χ4v) is 1.76. The van der Waals surface area contributed by atoms with Gasteiger partial charge < -0.3 is 5.73 Å². The number of rotatable bonds is 2. The topological polar surface area (TPSA) is 69.6 Å². The van der Waals surface area contributed by atoms with Crippen LogP contribution in [0.4, 0.5) is 0 Å². The molecule has 5 nitrogen and oxygen atoms in total. The lowest BCUT2D eigenvalue weighted by atomic mass is 10.3. The summed E-state index contributed by atoms with van der Waals surface area (Å²) in [7, 11) is 0. The molecule has 0 aliphatic heterocycles. The largest absolute Gasteiger partial charge is 0.324 e. The SMILES string of the molecule is NCc1nccn1-c1cnc2ccccc2n1. The smallest absolute Gasteiger partial charge is 0.157 e. The Kier molecular flexibility index (Phi) is 2.31. The van der Waals surface area contributed by atoms with Crippen molar-refractivity contribution in [1.29, 1.82) is 0 Å². The average Bonchev–Trinajstić information content (AvgIpc) is 2.86. The minimum Gasteiger partial charge on any atom is -0.324 e. The van der Waals surface area contributed by atoms with E-state index in [0.717, 1.165) is 22.7 Å². The van der Waals surface area contributed by atoms with Crippen molar-refractivity contribution in [3.8, 4) is 5.82 Å². The molecule has 0 atom stereocenters. The number of nitrogens with zero attached hydrogens (tertiary/aromatic N) is 4. The van der Waals surface area contributed by atoms with Crippen LogP contribution in [0.2, 0.25) is 0 Å². The molecule has 0 aliphatic rings. The van der Waals surface area contributed by atoms with Gasteiger partial charge in [0.25, 0.3) is 0 Å². The quantitative estimate of drug-likeness (QED) is 0.713. The van der Waals surface area contributed by atoms with E-state index in [1.165, 1.54) is 0 Å². The van der Waals surface area contributed by atoms with Gasteiger partial charge in [-0.15, -0.1) is 0 Å². The molecule has 0 unspecified atom stereocenters. The third kappa shape index (κ3) is 1.66. The number of imidazole rings is 1. The van der Waals surface area contributed by atoms with Crippen molar-refractivity contribution < 1.29 is 0 Å². The zero-order chi connectivity index (χ0) is 11.7. The molecule has 17 heavy (non-hydrogen) atoms. The highest BCUT2D eigenvalue weighted by Crippen LogP contribution is 2.12. The molecule has 0 bridgehead atoms. The Bertz CT molecular complexity index is 659. The first-order chi connectivity index (χ1) is 8.38. The van der Waals surface area contributed by atoms with Crippen molar-refractivity contribution in [2.24, 2.45) is 5.73 Å². The third-order valence-electron chi connectivity index (χ3n) is 2.58. The van der Waals surface area contributed by atoms with Crippen molar-refractivity contribution in [2.75, 3.05) is 0 Å². The number of hydrogen-bond acceptors (Lipinski definition) is 4. The standard InChI is InChI=1S/C12H11N5/c13-7-11-14-5-6-17(11)12-8-15-9-3-1-2-4-10(9)16-12/h1-6,8H,7,13H2. The molecule has 5 heteroatoms. The predicted molar refractivity (Wildman–Crippen MR) is 64.6 cm³/mol. The van der Waals surface area contributed by atoms with E-state index in [-0.39, 0.29) is 0 Å². The van der Waals surface area contributed by atoms with Crippen molar-refractivity contribution >= 4 is 11.0 Å². The van der Waals surface area contributed by atoms with Crippen LogP contribution in [-0.4, -0.2) is 19.5 Å². The molecule has 0 spiro atoms. The molecule has 0 radical (unpaired) electrons. The van der Waals surface area contributed by atoms with E-state index in [4.69, 9.17) is 5.73 Å². The Hall–Kier alpha value is -2.27. The van der Waals surface area contributed by atoms with Crippen LogP contribution in [0.15, 0.2) is 42.9 Å². The highest BCUT2D eigenvalue weighted by Gasteiger charge is 2.05. The number of nitrogens with two attached hydrogens (primary N) is 1. The van der Waals surface area contributed by atoms with Gasteiger partial charge in [-0.05, 0) is 12.1 Å². The minimum atomic E-state index is 0.376. The lowest BCUT2D eigenvalue weighted by molar-refractivity contribution is 0.847. The van der Waals surface area contributed by atoms with Crippen LogP contribution in [0.5, 0.6) is 0 Å². The zero-order valence-corrected chi connectivity index (χ0v) is 9.11. The first-order valence-electron chi connectivity index (χ1n) is 5.33. The Morgan fingerprint density at radius 1 is 1.12 bits per heavy atom. The van der Waals surface area contributed by atoms with E-state index < -0.39 is 0 Å². The Morgan fingerprint density at radius 3 is 2.76 bits per heavy atom. The lowest BCUT2D eigenvalue weighted by Gasteiger charge is -2.05. The minimum absolute atomic E-state index is 0.376. The Morgan fingerprint density at radius 2 is 1.94 bits per heavy atom. The van der Waals surface area contributed by atoms with Crippen LogP contribution < -0.4 is 5.73 Å². The van der Waals surface area contributed by atoms with Crippen LogP contribution in [0.3, 0.4) is 0 Å². The summed E-state index contributed by atoms with van der Waals surface area (Å²) in [5.74, 6) is 1.51. The fraction of sp³-hybridized carbons (Fsp3) is 0.0833. The Balaban J connectivity index is 2.18. The number of fused-ring (bicyclic) bond motifs is 1. The van der Waals surface area contributed by atoms with E-state index >= 15 is 0 Å².